The van der Waals surface area contributed by atoms with E-state index < -0.39 is 5.82 Å². The zero-order chi connectivity index (χ0) is 15.6. The third-order valence-corrected chi connectivity index (χ3v) is 3.96. The average Bonchev–Trinajstić information content (AvgIpc) is 2.42. The van der Waals surface area contributed by atoms with Crippen LogP contribution in [0.25, 0.3) is 0 Å². The monoisotopic (exact) mass is 295 g/mol. The van der Waals surface area contributed by atoms with Crippen LogP contribution in [0.1, 0.15) is 43.1 Å². The lowest BCUT2D eigenvalue weighted by atomic mass is 10.0. The fraction of sp³-hybridized carbons (Fsp3) is 0.562. The molecule has 2 unspecified atom stereocenters. The van der Waals surface area contributed by atoms with Crippen LogP contribution in [0.4, 0.5) is 4.39 Å². The first-order valence-corrected chi connectivity index (χ1v) is 7.30. The summed E-state index contributed by atoms with van der Waals surface area (Å²) < 4.78 is 19.3. The van der Waals surface area contributed by atoms with Gasteiger partial charge in [0.1, 0.15) is 11.6 Å². The van der Waals surface area contributed by atoms with Gasteiger partial charge in [-0.2, -0.15) is 0 Å². The van der Waals surface area contributed by atoms with Gasteiger partial charge in [0.15, 0.2) is 5.78 Å². The van der Waals surface area contributed by atoms with Crippen LogP contribution >= 0.6 is 0 Å². The summed E-state index contributed by atoms with van der Waals surface area (Å²) in [7, 11) is 0. The number of rotatable bonds is 4. The zero-order valence-corrected chi connectivity index (χ0v) is 12.7. The number of ketones is 1. The lowest BCUT2D eigenvalue weighted by Gasteiger charge is -2.38. The van der Waals surface area contributed by atoms with Crippen LogP contribution in [0.3, 0.4) is 0 Å². The van der Waals surface area contributed by atoms with Gasteiger partial charge in [0.2, 0.25) is 0 Å². The van der Waals surface area contributed by atoms with E-state index in [1.165, 1.54) is 13.0 Å². The van der Waals surface area contributed by atoms with Crippen LogP contribution < -0.4 is 0 Å². The lowest BCUT2D eigenvalue weighted by Crippen LogP contribution is -2.47. The molecule has 0 aromatic heterocycles. The summed E-state index contributed by atoms with van der Waals surface area (Å²) in [4.78, 5) is 13.6. The fourth-order valence-corrected chi connectivity index (χ4v) is 2.75. The molecule has 4 nitrogen and oxygen atoms in total. The molecule has 116 valence electrons. The van der Waals surface area contributed by atoms with Gasteiger partial charge in [0.05, 0.1) is 18.3 Å². The van der Waals surface area contributed by atoms with Crippen molar-refractivity contribution in [2.75, 3.05) is 13.2 Å². The minimum absolute atomic E-state index is 0.0411. The summed E-state index contributed by atoms with van der Waals surface area (Å²) in [6, 6.07) is 2.62. The number of carbonyl (C=O) groups excluding carboxylic acids is 1. The minimum Gasteiger partial charge on any atom is -0.507 e. The zero-order valence-electron chi connectivity index (χ0n) is 12.7. The Morgan fingerprint density at radius 3 is 2.86 bits per heavy atom. The Balaban J connectivity index is 2.27. The minimum atomic E-state index is -0.498. The largest absolute Gasteiger partial charge is 0.507 e. The summed E-state index contributed by atoms with van der Waals surface area (Å²) >= 11 is 0. The van der Waals surface area contributed by atoms with Crippen molar-refractivity contribution < 1.29 is 19.0 Å². The molecule has 0 radical (unpaired) electrons. The van der Waals surface area contributed by atoms with Gasteiger partial charge < -0.3 is 9.84 Å². The Morgan fingerprint density at radius 2 is 2.24 bits per heavy atom. The molecule has 1 aromatic rings. The molecule has 1 saturated heterocycles. The van der Waals surface area contributed by atoms with Crippen molar-refractivity contribution in [1.29, 1.82) is 0 Å². The van der Waals surface area contributed by atoms with Gasteiger partial charge in [-0.05, 0) is 32.4 Å². The van der Waals surface area contributed by atoms with E-state index in [2.05, 4.69) is 11.8 Å². The van der Waals surface area contributed by atoms with Crippen LogP contribution in [0.15, 0.2) is 12.1 Å². The first kappa shape index (κ1) is 15.9. The Bertz CT molecular complexity index is 532. The van der Waals surface area contributed by atoms with Gasteiger partial charge in [-0.1, -0.05) is 6.92 Å². The van der Waals surface area contributed by atoms with E-state index in [1.807, 2.05) is 6.92 Å². The fourth-order valence-electron chi connectivity index (χ4n) is 2.75. The molecular weight excluding hydrogens is 273 g/mol. The number of carbonyl (C=O) groups is 1. The highest BCUT2D eigenvalue weighted by Crippen LogP contribution is 2.28. The highest BCUT2D eigenvalue weighted by Gasteiger charge is 2.27. The molecule has 2 atom stereocenters. The molecule has 1 fully saturated rings. The van der Waals surface area contributed by atoms with E-state index in [-0.39, 0.29) is 29.2 Å². The molecule has 0 amide bonds. The van der Waals surface area contributed by atoms with Crippen molar-refractivity contribution in [3.8, 4) is 5.75 Å². The summed E-state index contributed by atoms with van der Waals surface area (Å²) in [5.74, 6) is -0.948. The van der Waals surface area contributed by atoms with Gasteiger partial charge >= 0.3 is 0 Å². The Morgan fingerprint density at radius 1 is 1.52 bits per heavy atom. The van der Waals surface area contributed by atoms with Crippen molar-refractivity contribution in [1.82, 2.24) is 4.90 Å². The Labute approximate surface area is 124 Å². The van der Waals surface area contributed by atoms with E-state index in [0.717, 1.165) is 19.0 Å². The van der Waals surface area contributed by atoms with E-state index in [0.29, 0.717) is 18.7 Å². The van der Waals surface area contributed by atoms with E-state index >= 15 is 0 Å². The van der Waals surface area contributed by atoms with Crippen LogP contribution in [-0.4, -0.2) is 41.1 Å². The van der Waals surface area contributed by atoms with Crippen molar-refractivity contribution >= 4 is 5.78 Å². The summed E-state index contributed by atoms with van der Waals surface area (Å²) in [6.45, 7) is 7.16. The summed E-state index contributed by atoms with van der Waals surface area (Å²) in [5, 5.41) is 10.2. The molecule has 1 heterocycles. The number of morpholine rings is 1. The molecular formula is C16H22FNO3. The number of ether oxygens (including phenoxy) is 1. The molecule has 1 aliphatic rings. The molecule has 0 bridgehead atoms. The number of Topliss-reactive ketones (excluding diaryl/α,β-unsaturated/α-hetero) is 1. The smallest absolute Gasteiger partial charge is 0.163 e. The first-order valence-electron chi connectivity index (χ1n) is 7.30. The molecule has 1 N–H and O–H groups in total. The van der Waals surface area contributed by atoms with Crippen LogP contribution in [-0.2, 0) is 11.3 Å². The molecule has 5 heteroatoms. The van der Waals surface area contributed by atoms with Crippen LogP contribution in [0, 0.1) is 5.82 Å². The maximum atomic E-state index is 13.7. The molecule has 1 aliphatic heterocycles. The van der Waals surface area contributed by atoms with E-state index in [9.17, 15) is 14.3 Å². The molecule has 1 aromatic carbocycles. The van der Waals surface area contributed by atoms with Crippen molar-refractivity contribution in [3.05, 3.63) is 29.1 Å². The van der Waals surface area contributed by atoms with Gasteiger partial charge in [0, 0.05) is 24.7 Å². The second-order valence-corrected chi connectivity index (χ2v) is 5.65. The molecule has 0 saturated carbocycles. The van der Waals surface area contributed by atoms with E-state index in [4.69, 9.17) is 4.74 Å². The number of nitrogens with zero attached hydrogens (tertiary/aromatic N) is 1. The SMILES string of the molecule is CCC1COC(C)CN1Cc1cc(F)cc(C(C)=O)c1O. The highest BCUT2D eigenvalue weighted by molar-refractivity contribution is 5.97. The highest BCUT2D eigenvalue weighted by atomic mass is 19.1. The normalized spacial score (nSPS) is 23.2. The quantitative estimate of drug-likeness (QED) is 0.868. The number of benzene rings is 1. The Kier molecular flexibility index (Phi) is 4.96. The van der Waals surface area contributed by atoms with Gasteiger partial charge in [0.25, 0.3) is 0 Å². The first-order chi connectivity index (χ1) is 9.92. The number of aromatic hydroxyl groups is 1. The third-order valence-electron chi connectivity index (χ3n) is 3.96. The second-order valence-electron chi connectivity index (χ2n) is 5.65. The summed E-state index contributed by atoms with van der Waals surface area (Å²) in [5.41, 5.74) is 0.493. The molecule has 2 rings (SSSR count). The second kappa shape index (κ2) is 6.54. The van der Waals surface area contributed by atoms with Gasteiger partial charge in [-0.25, -0.2) is 4.39 Å². The maximum Gasteiger partial charge on any atom is 0.163 e. The third kappa shape index (κ3) is 3.60. The standard InChI is InChI=1S/C16H22FNO3/c1-4-14-9-21-10(2)7-18(14)8-12-5-13(17)6-15(11(3)19)16(12)20/h5-6,10,14,20H,4,7-9H2,1-3H3. The van der Waals surface area contributed by atoms with Crippen molar-refractivity contribution in [2.24, 2.45) is 0 Å². The molecule has 0 spiro atoms. The average molecular weight is 295 g/mol. The lowest BCUT2D eigenvalue weighted by molar-refractivity contribution is -0.0594. The molecule has 21 heavy (non-hydrogen) atoms. The number of phenols is 1. The maximum absolute atomic E-state index is 13.7. The molecule has 0 aliphatic carbocycles. The van der Waals surface area contributed by atoms with Crippen molar-refractivity contribution in [2.45, 2.75) is 45.9 Å². The predicted octanol–water partition coefficient (Wildman–Crippen LogP) is 2.73. The summed E-state index contributed by atoms with van der Waals surface area (Å²) in [6.07, 6.45) is 1.03. The van der Waals surface area contributed by atoms with Gasteiger partial charge in [-0.15, -0.1) is 0 Å². The van der Waals surface area contributed by atoms with Crippen LogP contribution in [0.2, 0.25) is 0 Å². The number of halogens is 1. The number of hydrogen-bond acceptors (Lipinski definition) is 4. The Hall–Kier alpha value is -1.46. The topological polar surface area (TPSA) is 49.8 Å². The van der Waals surface area contributed by atoms with E-state index in [1.54, 1.807) is 0 Å². The number of phenolic OH excluding ortho intramolecular Hbond substituents is 1. The van der Waals surface area contributed by atoms with Crippen LogP contribution in [0.5, 0.6) is 5.75 Å². The van der Waals surface area contributed by atoms with Gasteiger partial charge in [-0.3, -0.25) is 9.69 Å². The number of hydrogen-bond donors (Lipinski definition) is 1. The predicted molar refractivity (Wildman–Crippen MR) is 78.0 cm³/mol. The van der Waals surface area contributed by atoms with Crippen molar-refractivity contribution in [3.63, 3.8) is 0 Å².